The van der Waals surface area contributed by atoms with Gasteiger partial charge in [0.25, 0.3) is 5.91 Å². The molecule has 0 spiro atoms. The van der Waals surface area contributed by atoms with Gasteiger partial charge in [0, 0.05) is 10.0 Å². The Morgan fingerprint density at radius 1 is 1.32 bits per heavy atom. The van der Waals surface area contributed by atoms with Crippen molar-refractivity contribution in [3.8, 4) is 5.75 Å². The third kappa shape index (κ3) is 4.09. The number of phenolic OH excluding ortho intramolecular Hbond substituents is 1. The van der Waals surface area contributed by atoms with Gasteiger partial charge in [-0.3, -0.25) is 4.79 Å². The number of aromatic hydroxyl groups is 1. The van der Waals surface area contributed by atoms with Gasteiger partial charge in [0.15, 0.2) is 0 Å². The molecule has 0 aliphatic carbocycles. The summed E-state index contributed by atoms with van der Waals surface area (Å²) in [6.45, 7) is 1.89. The van der Waals surface area contributed by atoms with Crippen molar-refractivity contribution in [1.29, 1.82) is 0 Å². The molecule has 0 saturated heterocycles. The zero-order valence-corrected chi connectivity index (χ0v) is 15.3. The van der Waals surface area contributed by atoms with E-state index >= 15 is 0 Å². The van der Waals surface area contributed by atoms with Gasteiger partial charge in [-0.1, -0.05) is 33.6 Å². The molecule has 2 N–H and O–H groups in total. The van der Waals surface area contributed by atoms with Crippen LogP contribution in [0.25, 0.3) is 0 Å². The summed E-state index contributed by atoms with van der Waals surface area (Å²) in [6, 6.07) is 8.51. The van der Waals surface area contributed by atoms with E-state index in [2.05, 4.69) is 42.4 Å². The molecule has 7 heteroatoms. The first kappa shape index (κ1) is 17.0. The van der Waals surface area contributed by atoms with Gasteiger partial charge in [-0.2, -0.15) is 5.10 Å². The van der Waals surface area contributed by atoms with E-state index in [1.807, 2.05) is 6.92 Å². The average Bonchev–Trinajstić information content (AvgIpc) is 2.43. The SMILES string of the molecule is Cc1ccc(C(=O)NN=Cc2cc(Br)cc(Br)c2O)c(Cl)c1. The Morgan fingerprint density at radius 3 is 2.73 bits per heavy atom. The van der Waals surface area contributed by atoms with Crippen molar-refractivity contribution in [2.45, 2.75) is 6.92 Å². The normalized spacial score (nSPS) is 10.9. The predicted octanol–water partition coefficient (Wildman–Crippen LogP) is 4.64. The number of aryl methyl sites for hydroxylation is 1. The molecule has 0 radical (unpaired) electrons. The number of rotatable bonds is 3. The van der Waals surface area contributed by atoms with Crippen LogP contribution in [0, 0.1) is 6.92 Å². The third-order valence-corrected chi connectivity index (χ3v) is 4.17. The minimum absolute atomic E-state index is 0.0366. The van der Waals surface area contributed by atoms with Crippen LogP contribution >= 0.6 is 43.5 Å². The van der Waals surface area contributed by atoms with Crippen LogP contribution < -0.4 is 5.43 Å². The molecule has 114 valence electrons. The van der Waals surface area contributed by atoms with Crippen LogP contribution in [0.4, 0.5) is 0 Å². The van der Waals surface area contributed by atoms with Crippen LogP contribution in [0.2, 0.25) is 5.02 Å². The number of hydrogen-bond donors (Lipinski definition) is 2. The number of nitrogens with zero attached hydrogens (tertiary/aromatic N) is 1. The topological polar surface area (TPSA) is 61.7 Å². The van der Waals surface area contributed by atoms with Crippen molar-refractivity contribution in [3.05, 3.63) is 61.0 Å². The fourth-order valence-corrected chi connectivity index (χ4v) is 3.29. The lowest BCUT2D eigenvalue weighted by Gasteiger charge is -2.05. The highest BCUT2D eigenvalue weighted by atomic mass is 79.9. The van der Waals surface area contributed by atoms with Crippen LogP contribution in [0.3, 0.4) is 0 Å². The van der Waals surface area contributed by atoms with Crippen LogP contribution in [0.15, 0.2) is 44.4 Å². The second kappa shape index (κ2) is 7.26. The summed E-state index contributed by atoms with van der Waals surface area (Å²) in [7, 11) is 0. The summed E-state index contributed by atoms with van der Waals surface area (Å²) in [5.74, 6) is -0.385. The second-order valence-electron chi connectivity index (χ2n) is 4.51. The molecule has 0 saturated carbocycles. The summed E-state index contributed by atoms with van der Waals surface area (Å²) in [6.07, 6.45) is 1.35. The van der Waals surface area contributed by atoms with Crippen molar-refractivity contribution in [3.63, 3.8) is 0 Å². The molecule has 0 unspecified atom stereocenters. The minimum atomic E-state index is -0.421. The Labute approximate surface area is 149 Å². The van der Waals surface area contributed by atoms with Gasteiger partial charge in [0.2, 0.25) is 0 Å². The number of nitrogens with one attached hydrogen (secondary N) is 1. The second-order valence-corrected chi connectivity index (χ2v) is 6.69. The van der Waals surface area contributed by atoms with E-state index in [4.69, 9.17) is 11.6 Å². The van der Waals surface area contributed by atoms with Crippen LogP contribution in [0.1, 0.15) is 21.5 Å². The molecule has 2 aromatic rings. The molecule has 0 aromatic heterocycles. The van der Waals surface area contributed by atoms with E-state index < -0.39 is 5.91 Å². The van der Waals surface area contributed by atoms with Gasteiger partial charge >= 0.3 is 0 Å². The van der Waals surface area contributed by atoms with Gasteiger partial charge in [0.1, 0.15) is 5.75 Å². The highest BCUT2D eigenvalue weighted by Crippen LogP contribution is 2.30. The summed E-state index contributed by atoms with van der Waals surface area (Å²) in [5, 5.41) is 14.1. The van der Waals surface area contributed by atoms with Crippen molar-refractivity contribution in [1.82, 2.24) is 5.43 Å². The maximum Gasteiger partial charge on any atom is 0.272 e. The van der Waals surface area contributed by atoms with Crippen molar-refractivity contribution >= 4 is 55.6 Å². The molecule has 0 fully saturated rings. The molecule has 0 bridgehead atoms. The predicted molar refractivity (Wildman–Crippen MR) is 94.8 cm³/mol. The van der Waals surface area contributed by atoms with E-state index in [0.717, 1.165) is 10.0 Å². The molecule has 2 rings (SSSR count). The average molecular weight is 447 g/mol. The number of hydrazone groups is 1. The highest BCUT2D eigenvalue weighted by Gasteiger charge is 2.10. The lowest BCUT2D eigenvalue weighted by Crippen LogP contribution is -2.18. The Hall–Kier alpha value is -1.37. The Bertz CT molecular complexity index is 763. The molecule has 0 aliphatic rings. The first-order valence-electron chi connectivity index (χ1n) is 6.16. The highest BCUT2D eigenvalue weighted by molar-refractivity contribution is 9.11. The Morgan fingerprint density at radius 2 is 2.05 bits per heavy atom. The molecule has 0 atom stereocenters. The van der Waals surface area contributed by atoms with Gasteiger partial charge in [-0.05, 0) is 52.7 Å². The Kier molecular flexibility index (Phi) is 5.61. The molecule has 2 aromatic carbocycles. The molecule has 0 aliphatic heterocycles. The standard InChI is InChI=1S/C15H11Br2ClN2O2/c1-8-2-3-11(13(18)4-8)15(22)20-19-7-9-5-10(16)6-12(17)14(9)21/h2-7,21H,1H3,(H,20,22). The van der Waals surface area contributed by atoms with Crippen LogP contribution in [0.5, 0.6) is 5.75 Å². The van der Waals surface area contributed by atoms with Crippen molar-refractivity contribution < 1.29 is 9.90 Å². The van der Waals surface area contributed by atoms with Crippen LogP contribution in [-0.4, -0.2) is 17.2 Å². The number of benzene rings is 2. The molecule has 1 amide bonds. The molecule has 0 heterocycles. The minimum Gasteiger partial charge on any atom is -0.506 e. The van der Waals surface area contributed by atoms with E-state index in [1.54, 1.807) is 30.3 Å². The number of amides is 1. The van der Waals surface area contributed by atoms with Crippen molar-refractivity contribution in [2.75, 3.05) is 0 Å². The summed E-state index contributed by atoms with van der Waals surface area (Å²) in [4.78, 5) is 12.0. The maximum absolute atomic E-state index is 12.0. The monoisotopic (exact) mass is 444 g/mol. The summed E-state index contributed by atoms with van der Waals surface area (Å²) in [5.41, 5.74) is 4.14. The fraction of sp³-hybridized carbons (Fsp3) is 0.0667. The lowest BCUT2D eigenvalue weighted by molar-refractivity contribution is 0.0955. The number of halogens is 3. The van der Waals surface area contributed by atoms with Gasteiger partial charge in [-0.25, -0.2) is 5.43 Å². The van der Waals surface area contributed by atoms with Crippen LogP contribution in [-0.2, 0) is 0 Å². The first-order valence-corrected chi connectivity index (χ1v) is 8.12. The van der Waals surface area contributed by atoms with Gasteiger partial charge in [-0.15, -0.1) is 0 Å². The van der Waals surface area contributed by atoms with E-state index in [-0.39, 0.29) is 5.75 Å². The quantitative estimate of drug-likeness (QED) is 0.533. The number of hydrogen-bond acceptors (Lipinski definition) is 3. The van der Waals surface area contributed by atoms with Gasteiger partial charge < -0.3 is 5.11 Å². The summed E-state index contributed by atoms with van der Waals surface area (Å²) < 4.78 is 1.29. The number of carbonyl (C=O) groups excluding carboxylic acids is 1. The zero-order valence-electron chi connectivity index (χ0n) is 11.4. The number of carbonyl (C=O) groups is 1. The third-order valence-electron chi connectivity index (χ3n) is 2.80. The van der Waals surface area contributed by atoms with E-state index in [9.17, 15) is 9.90 Å². The number of phenols is 1. The maximum atomic E-state index is 12.0. The Balaban J connectivity index is 2.14. The first-order chi connectivity index (χ1) is 10.4. The largest absolute Gasteiger partial charge is 0.506 e. The summed E-state index contributed by atoms with van der Waals surface area (Å²) >= 11 is 12.6. The molecular formula is C15H11Br2ClN2O2. The fourth-order valence-electron chi connectivity index (χ4n) is 1.71. The van der Waals surface area contributed by atoms with Crippen molar-refractivity contribution in [2.24, 2.45) is 5.10 Å². The van der Waals surface area contributed by atoms with Gasteiger partial charge in [0.05, 0.1) is 21.3 Å². The van der Waals surface area contributed by atoms with E-state index in [1.165, 1.54) is 6.21 Å². The lowest BCUT2D eigenvalue weighted by atomic mass is 10.1. The zero-order chi connectivity index (χ0) is 16.3. The smallest absolute Gasteiger partial charge is 0.272 e. The molecular weight excluding hydrogens is 435 g/mol. The van der Waals surface area contributed by atoms with E-state index in [0.29, 0.717) is 20.6 Å². The molecule has 22 heavy (non-hydrogen) atoms. The molecule has 4 nitrogen and oxygen atoms in total.